The first-order valence-electron chi connectivity index (χ1n) is 6.33. The maximum atomic E-state index is 11.8. The van der Waals surface area contributed by atoms with E-state index in [1.54, 1.807) is 0 Å². The quantitative estimate of drug-likeness (QED) is 0.664. The molecule has 4 heteroatoms. The van der Waals surface area contributed by atoms with E-state index in [1.165, 1.54) is 0 Å². The molecule has 1 aliphatic rings. The molecule has 3 N–H and O–H groups in total. The number of carbonyl (C=O) groups is 1. The molecule has 0 heterocycles. The van der Waals surface area contributed by atoms with Gasteiger partial charge in [0.1, 0.15) is 0 Å². The van der Waals surface area contributed by atoms with E-state index >= 15 is 0 Å². The maximum absolute atomic E-state index is 11.8. The standard InChI is InChI=1S/C12H24N2O2/c1-2-16-8-7-14-12(15)11-5-3-10(9-13)4-6-11/h10-11H,2-9,13H2,1H3,(H,14,15). The fourth-order valence-electron chi connectivity index (χ4n) is 2.20. The topological polar surface area (TPSA) is 64.3 Å². The van der Waals surface area contributed by atoms with Crippen molar-refractivity contribution in [1.29, 1.82) is 0 Å². The van der Waals surface area contributed by atoms with E-state index < -0.39 is 0 Å². The molecule has 16 heavy (non-hydrogen) atoms. The molecule has 0 radical (unpaired) electrons. The van der Waals surface area contributed by atoms with Gasteiger partial charge in [0, 0.05) is 19.1 Å². The monoisotopic (exact) mass is 228 g/mol. The summed E-state index contributed by atoms with van der Waals surface area (Å²) in [6, 6.07) is 0. The molecule has 0 saturated heterocycles. The Morgan fingerprint density at radius 3 is 2.62 bits per heavy atom. The van der Waals surface area contributed by atoms with Crippen molar-refractivity contribution >= 4 is 5.91 Å². The molecule has 0 bridgehead atoms. The van der Waals surface area contributed by atoms with E-state index in [-0.39, 0.29) is 11.8 Å². The largest absolute Gasteiger partial charge is 0.380 e. The van der Waals surface area contributed by atoms with Crippen molar-refractivity contribution in [3.63, 3.8) is 0 Å². The molecule has 1 aliphatic carbocycles. The molecule has 1 saturated carbocycles. The van der Waals surface area contributed by atoms with E-state index in [2.05, 4.69) is 5.32 Å². The minimum absolute atomic E-state index is 0.190. The van der Waals surface area contributed by atoms with Gasteiger partial charge in [-0.05, 0) is 45.1 Å². The zero-order valence-corrected chi connectivity index (χ0v) is 10.2. The molecule has 1 amide bonds. The molecule has 4 nitrogen and oxygen atoms in total. The van der Waals surface area contributed by atoms with Crippen LogP contribution < -0.4 is 11.1 Å². The van der Waals surface area contributed by atoms with Crippen LogP contribution in [0.3, 0.4) is 0 Å². The zero-order chi connectivity index (χ0) is 11.8. The minimum atomic E-state index is 0.190. The van der Waals surface area contributed by atoms with Crippen LogP contribution in [-0.2, 0) is 9.53 Å². The first-order chi connectivity index (χ1) is 7.77. The van der Waals surface area contributed by atoms with Gasteiger partial charge in [0.2, 0.25) is 5.91 Å². The Labute approximate surface area is 97.9 Å². The third-order valence-corrected chi connectivity index (χ3v) is 3.30. The summed E-state index contributed by atoms with van der Waals surface area (Å²) in [6.45, 7) is 4.66. The van der Waals surface area contributed by atoms with Crippen LogP contribution in [0, 0.1) is 11.8 Å². The van der Waals surface area contributed by atoms with Crippen molar-refractivity contribution in [2.75, 3.05) is 26.3 Å². The molecule has 0 atom stereocenters. The molecule has 1 fully saturated rings. The minimum Gasteiger partial charge on any atom is -0.380 e. The summed E-state index contributed by atoms with van der Waals surface area (Å²) < 4.78 is 5.17. The van der Waals surface area contributed by atoms with E-state index in [9.17, 15) is 4.79 Å². The van der Waals surface area contributed by atoms with Crippen LogP contribution in [0.2, 0.25) is 0 Å². The lowest BCUT2D eigenvalue weighted by molar-refractivity contribution is -0.126. The van der Waals surface area contributed by atoms with Gasteiger partial charge in [0.25, 0.3) is 0 Å². The number of ether oxygens (including phenoxy) is 1. The van der Waals surface area contributed by atoms with Crippen LogP contribution in [0.25, 0.3) is 0 Å². The number of amides is 1. The summed E-state index contributed by atoms with van der Waals surface area (Å²) in [4.78, 5) is 11.8. The second-order valence-electron chi connectivity index (χ2n) is 4.44. The summed E-state index contributed by atoms with van der Waals surface area (Å²) in [5.74, 6) is 1.02. The molecular weight excluding hydrogens is 204 g/mol. The zero-order valence-electron chi connectivity index (χ0n) is 10.2. The van der Waals surface area contributed by atoms with Gasteiger partial charge in [-0.15, -0.1) is 0 Å². The molecule has 0 aliphatic heterocycles. The van der Waals surface area contributed by atoms with Crippen LogP contribution in [0.15, 0.2) is 0 Å². The van der Waals surface area contributed by atoms with Gasteiger partial charge in [0.05, 0.1) is 6.61 Å². The Hall–Kier alpha value is -0.610. The number of rotatable bonds is 6. The van der Waals surface area contributed by atoms with Crippen molar-refractivity contribution in [3.05, 3.63) is 0 Å². The second-order valence-corrected chi connectivity index (χ2v) is 4.44. The predicted molar refractivity (Wildman–Crippen MR) is 64.0 cm³/mol. The van der Waals surface area contributed by atoms with Crippen molar-refractivity contribution in [2.45, 2.75) is 32.6 Å². The Morgan fingerprint density at radius 2 is 2.06 bits per heavy atom. The third kappa shape index (κ3) is 4.49. The van der Waals surface area contributed by atoms with Crippen molar-refractivity contribution in [3.8, 4) is 0 Å². The molecule has 0 aromatic heterocycles. The lowest BCUT2D eigenvalue weighted by atomic mass is 9.81. The predicted octanol–water partition coefficient (Wildman–Crippen LogP) is 0.904. The van der Waals surface area contributed by atoms with Gasteiger partial charge in [0.15, 0.2) is 0 Å². The lowest BCUT2D eigenvalue weighted by Gasteiger charge is -2.26. The average molecular weight is 228 g/mol. The van der Waals surface area contributed by atoms with E-state index in [1.807, 2.05) is 6.92 Å². The average Bonchev–Trinajstić information content (AvgIpc) is 2.34. The Morgan fingerprint density at radius 1 is 1.38 bits per heavy atom. The Bertz CT molecular complexity index is 201. The summed E-state index contributed by atoms with van der Waals surface area (Å²) >= 11 is 0. The highest BCUT2D eigenvalue weighted by Gasteiger charge is 2.25. The SMILES string of the molecule is CCOCCNC(=O)C1CCC(CN)CC1. The first-order valence-corrected chi connectivity index (χ1v) is 6.33. The van der Waals surface area contributed by atoms with Crippen LogP contribution >= 0.6 is 0 Å². The molecule has 0 spiro atoms. The molecule has 94 valence electrons. The molecule has 1 rings (SSSR count). The Kier molecular flexibility index (Phi) is 6.42. The normalized spacial score (nSPS) is 25.4. The highest BCUT2D eigenvalue weighted by atomic mass is 16.5. The molecule has 0 unspecified atom stereocenters. The fourth-order valence-corrected chi connectivity index (χ4v) is 2.20. The van der Waals surface area contributed by atoms with E-state index in [0.29, 0.717) is 25.7 Å². The summed E-state index contributed by atoms with van der Waals surface area (Å²) in [5, 5.41) is 2.92. The number of nitrogens with two attached hydrogens (primary N) is 1. The van der Waals surface area contributed by atoms with Gasteiger partial charge >= 0.3 is 0 Å². The smallest absolute Gasteiger partial charge is 0.223 e. The number of nitrogens with one attached hydrogen (secondary N) is 1. The van der Waals surface area contributed by atoms with Crippen molar-refractivity contribution in [1.82, 2.24) is 5.32 Å². The summed E-state index contributed by atoms with van der Waals surface area (Å²) in [5.41, 5.74) is 5.62. The van der Waals surface area contributed by atoms with Crippen LogP contribution in [0.1, 0.15) is 32.6 Å². The van der Waals surface area contributed by atoms with Gasteiger partial charge in [-0.1, -0.05) is 0 Å². The number of hydrogen-bond donors (Lipinski definition) is 2. The van der Waals surface area contributed by atoms with E-state index in [0.717, 1.165) is 32.2 Å². The molecule has 0 aromatic carbocycles. The summed E-state index contributed by atoms with van der Waals surface area (Å²) in [6.07, 6.45) is 4.17. The van der Waals surface area contributed by atoms with Crippen LogP contribution in [-0.4, -0.2) is 32.2 Å². The van der Waals surface area contributed by atoms with Crippen molar-refractivity contribution < 1.29 is 9.53 Å². The maximum Gasteiger partial charge on any atom is 0.223 e. The first kappa shape index (κ1) is 13.5. The highest BCUT2D eigenvalue weighted by Crippen LogP contribution is 2.27. The number of carbonyl (C=O) groups excluding carboxylic acids is 1. The third-order valence-electron chi connectivity index (χ3n) is 3.30. The highest BCUT2D eigenvalue weighted by molar-refractivity contribution is 5.78. The lowest BCUT2D eigenvalue weighted by Crippen LogP contribution is -2.35. The molecular formula is C12H24N2O2. The van der Waals surface area contributed by atoms with E-state index in [4.69, 9.17) is 10.5 Å². The van der Waals surface area contributed by atoms with Gasteiger partial charge < -0.3 is 15.8 Å². The Balaban J connectivity index is 2.13. The fraction of sp³-hybridized carbons (Fsp3) is 0.917. The second kappa shape index (κ2) is 7.63. The van der Waals surface area contributed by atoms with Crippen LogP contribution in [0.4, 0.5) is 0 Å². The van der Waals surface area contributed by atoms with Gasteiger partial charge in [-0.2, -0.15) is 0 Å². The van der Waals surface area contributed by atoms with Crippen LogP contribution in [0.5, 0.6) is 0 Å². The van der Waals surface area contributed by atoms with Crippen molar-refractivity contribution in [2.24, 2.45) is 17.6 Å². The number of hydrogen-bond acceptors (Lipinski definition) is 3. The summed E-state index contributed by atoms with van der Waals surface area (Å²) in [7, 11) is 0. The van der Waals surface area contributed by atoms with Gasteiger partial charge in [-0.3, -0.25) is 4.79 Å². The van der Waals surface area contributed by atoms with Gasteiger partial charge in [-0.25, -0.2) is 0 Å². The molecule has 0 aromatic rings.